The van der Waals surface area contributed by atoms with Crippen molar-refractivity contribution >= 4 is 23.4 Å². The van der Waals surface area contributed by atoms with Gasteiger partial charge in [0.15, 0.2) is 0 Å². The summed E-state index contributed by atoms with van der Waals surface area (Å²) in [6.07, 6.45) is -0.338. The molecule has 4 heteroatoms. The van der Waals surface area contributed by atoms with Crippen molar-refractivity contribution < 1.29 is 9.53 Å². The summed E-state index contributed by atoms with van der Waals surface area (Å²) in [5.74, 6) is 0. The van der Waals surface area contributed by atoms with Gasteiger partial charge in [-0.05, 0) is 17.7 Å². The third kappa shape index (κ3) is 1.97. The Morgan fingerprint density at radius 2 is 2.07 bits per heavy atom. The summed E-state index contributed by atoms with van der Waals surface area (Å²) in [7, 11) is 0. The summed E-state index contributed by atoms with van der Waals surface area (Å²) in [5, 5.41) is 0.663. The van der Waals surface area contributed by atoms with E-state index < -0.39 is 0 Å². The molecule has 0 aromatic heterocycles. The number of halogens is 1. The summed E-state index contributed by atoms with van der Waals surface area (Å²) in [4.78, 5) is 12.8. The summed E-state index contributed by atoms with van der Waals surface area (Å²) in [6, 6.07) is 7.19. The molecule has 0 unspecified atom stereocenters. The first-order valence-corrected chi connectivity index (χ1v) is 4.95. The van der Waals surface area contributed by atoms with Gasteiger partial charge in [-0.25, -0.2) is 4.79 Å². The van der Waals surface area contributed by atoms with Gasteiger partial charge in [-0.15, -0.1) is 0 Å². The average molecular weight is 224 g/mol. The molecule has 1 saturated heterocycles. The monoisotopic (exact) mass is 223 g/mol. The lowest BCUT2D eigenvalue weighted by molar-refractivity contribution is 0.167. The number of rotatable bonds is 2. The smallest absolute Gasteiger partial charge is 0.414 e. The van der Waals surface area contributed by atoms with Gasteiger partial charge in [0, 0.05) is 10.7 Å². The molecule has 1 heterocycles. The van der Waals surface area contributed by atoms with Crippen LogP contribution < -0.4 is 0 Å². The Morgan fingerprint density at radius 3 is 2.60 bits per heavy atom. The standard InChI is InChI=1S/C11H10ClNO2/c1-8(13-6-7-15-11(13)14)9-2-4-10(12)5-3-9/h2-5H,1,6-7H2. The van der Waals surface area contributed by atoms with Crippen LogP contribution >= 0.6 is 11.6 Å². The molecular weight excluding hydrogens is 214 g/mol. The van der Waals surface area contributed by atoms with Crippen LogP contribution in [0.1, 0.15) is 5.56 Å². The van der Waals surface area contributed by atoms with E-state index in [0.717, 1.165) is 5.56 Å². The number of cyclic esters (lactones) is 1. The lowest BCUT2D eigenvalue weighted by Gasteiger charge is -2.15. The fourth-order valence-corrected chi connectivity index (χ4v) is 1.56. The molecule has 0 bridgehead atoms. The maximum atomic E-state index is 11.3. The number of hydrogen-bond acceptors (Lipinski definition) is 2. The molecule has 0 aliphatic carbocycles. The number of nitrogens with zero attached hydrogens (tertiary/aromatic N) is 1. The van der Waals surface area contributed by atoms with E-state index in [1.165, 1.54) is 4.90 Å². The molecule has 0 atom stereocenters. The highest BCUT2D eigenvalue weighted by Gasteiger charge is 2.24. The molecule has 1 aromatic carbocycles. The van der Waals surface area contributed by atoms with Crippen LogP contribution in [0.4, 0.5) is 4.79 Å². The van der Waals surface area contributed by atoms with Crippen molar-refractivity contribution in [3.05, 3.63) is 41.4 Å². The van der Waals surface area contributed by atoms with Crippen LogP contribution in [0.3, 0.4) is 0 Å². The molecule has 1 aromatic rings. The summed E-state index contributed by atoms with van der Waals surface area (Å²) >= 11 is 5.77. The van der Waals surface area contributed by atoms with Crippen LogP contribution in [-0.4, -0.2) is 24.1 Å². The van der Waals surface area contributed by atoms with Gasteiger partial charge in [-0.3, -0.25) is 4.90 Å². The minimum absolute atomic E-state index is 0.338. The minimum Gasteiger partial charge on any atom is -0.447 e. The number of ether oxygens (including phenoxy) is 1. The van der Waals surface area contributed by atoms with Crippen LogP contribution in [0.25, 0.3) is 5.70 Å². The zero-order valence-electron chi connectivity index (χ0n) is 8.07. The summed E-state index contributed by atoms with van der Waals surface area (Å²) < 4.78 is 4.83. The van der Waals surface area contributed by atoms with E-state index in [2.05, 4.69) is 6.58 Å². The van der Waals surface area contributed by atoms with E-state index in [1.54, 1.807) is 12.1 Å². The Morgan fingerprint density at radius 1 is 1.40 bits per heavy atom. The molecule has 1 aliphatic heterocycles. The highest BCUT2D eigenvalue weighted by molar-refractivity contribution is 6.30. The number of carbonyl (C=O) groups is 1. The van der Waals surface area contributed by atoms with Crippen molar-refractivity contribution in [2.45, 2.75) is 0 Å². The predicted molar refractivity (Wildman–Crippen MR) is 58.5 cm³/mol. The molecule has 78 valence electrons. The molecule has 15 heavy (non-hydrogen) atoms. The lowest BCUT2D eigenvalue weighted by Crippen LogP contribution is -2.21. The first-order chi connectivity index (χ1) is 7.18. The molecule has 1 amide bonds. The third-order valence-corrected chi connectivity index (χ3v) is 2.52. The molecular formula is C11H10ClNO2. The largest absolute Gasteiger partial charge is 0.447 e. The highest BCUT2D eigenvalue weighted by Crippen LogP contribution is 2.22. The highest BCUT2D eigenvalue weighted by atomic mass is 35.5. The zero-order valence-corrected chi connectivity index (χ0v) is 8.83. The quantitative estimate of drug-likeness (QED) is 0.772. The third-order valence-electron chi connectivity index (χ3n) is 2.26. The second kappa shape index (κ2) is 3.95. The second-order valence-corrected chi connectivity index (χ2v) is 3.66. The number of hydrogen-bond donors (Lipinski definition) is 0. The topological polar surface area (TPSA) is 29.5 Å². The SMILES string of the molecule is C=C(c1ccc(Cl)cc1)N1CCOC1=O. The molecule has 0 N–H and O–H groups in total. The number of benzene rings is 1. The van der Waals surface area contributed by atoms with E-state index in [1.807, 2.05) is 12.1 Å². The fourth-order valence-electron chi connectivity index (χ4n) is 1.44. The second-order valence-electron chi connectivity index (χ2n) is 3.22. The van der Waals surface area contributed by atoms with Crippen LogP contribution in [-0.2, 0) is 4.74 Å². The molecule has 3 nitrogen and oxygen atoms in total. The van der Waals surface area contributed by atoms with Crippen LogP contribution in [0.5, 0.6) is 0 Å². The van der Waals surface area contributed by atoms with E-state index in [9.17, 15) is 4.79 Å². The normalized spacial score (nSPS) is 15.3. The van der Waals surface area contributed by atoms with Crippen molar-refractivity contribution in [3.63, 3.8) is 0 Å². The van der Waals surface area contributed by atoms with Gasteiger partial charge in [-0.1, -0.05) is 30.3 Å². The first-order valence-electron chi connectivity index (χ1n) is 4.57. The Labute approximate surface area is 92.9 Å². The van der Waals surface area contributed by atoms with Crippen LogP contribution in [0, 0.1) is 0 Å². The summed E-state index contributed by atoms with van der Waals surface area (Å²) in [6.45, 7) is 4.85. The first kappa shape index (κ1) is 10.1. The zero-order chi connectivity index (χ0) is 10.8. The average Bonchev–Trinajstić information content (AvgIpc) is 2.65. The van der Waals surface area contributed by atoms with Crippen LogP contribution in [0.2, 0.25) is 5.02 Å². The Balaban J connectivity index is 2.20. The van der Waals surface area contributed by atoms with Crippen molar-refractivity contribution in [2.75, 3.05) is 13.2 Å². The van der Waals surface area contributed by atoms with Gasteiger partial charge in [0.2, 0.25) is 0 Å². The van der Waals surface area contributed by atoms with E-state index in [4.69, 9.17) is 16.3 Å². The van der Waals surface area contributed by atoms with Gasteiger partial charge in [0.05, 0.1) is 6.54 Å². The van der Waals surface area contributed by atoms with E-state index >= 15 is 0 Å². The molecule has 0 spiro atoms. The lowest BCUT2D eigenvalue weighted by atomic mass is 10.1. The molecule has 0 radical (unpaired) electrons. The Kier molecular flexibility index (Phi) is 2.64. The minimum atomic E-state index is -0.338. The van der Waals surface area contributed by atoms with E-state index in [-0.39, 0.29) is 6.09 Å². The van der Waals surface area contributed by atoms with Crippen LogP contribution in [0.15, 0.2) is 30.8 Å². The van der Waals surface area contributed by atoms with E-state index in [0.29, 0.717) is 23.9 Å². The molecule has 1 fully saturated rings. The van der Waals surface area contributed by atoms with Gasteiger partial charge < -0.3 is 4.74 Å². The fraction of sp³-hybridized carbons (Fsp3) is 0.182. The Bertz CT molecular complexity index is 400. The van der Waals surface area contributed by atoms with Gasteiger partial charge in [0.1, 0.15) is 6.61 Å². The summed E-state index contributed by atoms with van der Waals surface area (Å²) in [5.41, 5.74) is 1.52. The van der Waals surface area contributed by atoms with Gasteiger partial charge in [-0.2, -0.15) is 0 Å². The molecule has 2 rings (SSSR count). The maximum absolute atomic E-state index is 11.3. The van der Waals surface area contributed by atoms with Crippen molar-refractivity contribution in [1.82, 2.24) is 4.90 Å². The predicted octanol–water partition coefficient (Wildman–Crippen LogP) is 2.76. The van der Waals surface area contributed by atoms with Gasteiger partial charge >= 0.3 is 6.09 Å². The van der Waals surface area contributed by atoms with Crippen molar-refractivity contribution in [3.8, 4) is 0 Å². The van der Waals surface area contributed by atoms with Gasteiger partial charge in [0.25, 0.3) is 0 Å². The van der Waals surface area contributed by atoms with Crippen molar-refractivity contribution in [1.29, 1.82) is 0 Å². The number of amides is 1. The Hall–Kier alpha value is -1.48. The van der Waals surface area contributed by atoms with Crippen molar-refractivity contribution in [2.24, 2.45) is 0 Å². The molecule has 0 saturated carbocycles. The maximum Gasteiger partial charge on any atom is 0.414 e. The molecule has 1 aliphatic rings. The number of carbonyl (C=O) groups excluding carboxylic acids is 1.